The topological polar surface area (TPSA) is 55.1 Å². The van der Waals surface area contributed by atoms with E-state index in [9.17, 15) is 9.90 Å². The molecule has 0 radical (unpaired) electrons. The number of carboxylic acid groups (broad SMARTS) is 1. The molecule has 0 unspecified atom stereocenters. The second-order valence-corrected chi connectivity index (χ2v) is 8.19. The van der Waals surface area contributed by atoms with E-state index in [1.807, 2.05) is 18.2 Å². The number of rotatable bonds is 8. The highest BCUT2D eigenvalue weighted by molar-refractivity contribution is 5.89. The molecule has 0 saturated carbocycles. The van der Waals surface area contributed by atoms with Crippen molar-refractivity contribution in [2.45, 2.75) is 46.1 Å². The van der Waals surface area contributed by atoms with Crippen molar-refractivity contribution < 1.29 is 9.90 Å². The Hall–Kier alpha value is -3.40. The van der Waals surface area contributed by atoms with Crippen LogP contribution >= 0.6 is 0 Å². The number of aromatic carboxylic acids is 1. The molecule has 4 rings (SSSR count). The van der Waals surface area contributed by atoms with E-state index < -0.39 is 5.97 Å². The molecule has 0 aliphatic carbocycles. The molecule has 31 heavy (non-hydrogen) atoms. The summed E-state index contributed by atoms with van der Waals surface area (Å²) in [7, 11) is 0. The minimum Gasteiger partial charge on any atom is -0.478 e. The highest BCUT2D eigenvalue weighted by Gasteiger charge is 2.16. The molecule has 0 aliphatic heterocycles. The summed E-state index contributed by atoms with van der Waals surface area (Å²) in [6.45, 7) is 4.72. The lowest BCUT2D eigenvalue weighted by Crippen LogP contribution is -2.10. The fourth-order valence-corrected chi connectivity index (χ4v) is 4.09. The molecule has 0 bridgehead atoms. The Bertz CT molecular complexity index is 1210. The SMILES string of the molecule is Cc1cc2nc(CCCCc3ccccc3)n(Cc3ccccc3C(=O)O)c2cc1C. The minimum absolute atomic E-state index is 0.350. The maximum Gasteiger partial charge on any atom is 0.336 e. The average Bonchev–Trinajstić information content (AvgIpc) is 3.08. The number of hydrogen-bond donors (Lipinski definition) is 1. The van der Waals surface area contributed by atoms with Gasteiger partial charge in [-0.15, -0.1) is 0 Å². The predicted molar refractivity (Wildman–Crippen MR) is 125 cm³/mol. The summed E-state index contributed by atoms with van der Waals surface area (Å²) in [4.78, 5) is 16.7. The van der Waals surface area contributed by atoms with Crippen molar-refractivity contribution in [3.8, 4) is 0 Å². The van der Waals surface area contributed by atoms with E-state index in [2.05, 4.69) is 54.8 Å². The summed E-state index contributed by atoms with van der Waals surface area (Å²) in [6, 6.07) is 22.1. The lowest BCUT2D eigenvalue weighted by Gasteiger charge is -2.12. The summed E-state index contributed by atoms with van der Waals surface area (Å²) in [5, 5.41) is 9.61. The number of carboxylic acids is 1. The first-order valence-corrected chi connectivity index (χ1v) is 10.8. The highest BCUT2D eigenvalue weighted by Crippen LogP contribution is 2.24. The van der Waals surface area contributed by atoms with E-state index in [0.717, 1.165) is 48.1 Å². The maximum absolute atomic E-state index is 11.7. The molecule has 4 aromatic rings. The summed E-state index contributed by atoms with van der Waals surface area (Å²) >= 11 is 0. The van der Waals surface area contributed by atoms with Gasteiger partial charge >= 0.3 is 5.97 Å². The molecule has 4 heteroatoms. The molecule has 0 fully saturated rings. The number of fused-ring (bicyclic) bond motifs is 1. The lowest BCUT2D eigenvalue weighted by atomic mass is 10.1. The lowest BCUT2D eigenvalue weighted by molar-refractivity contribution is 0.0695. The van der Waals surface area contributed by atoms with Crippen LogP contribution in [0.15, 0.2) is 66.7 Å². The third-order valence-corrected chi connectivity index (χ3v) is 5.98. The van der Waals surface area contributed by atoms with Gasteiger partial charge in [0, 0.05) is 6.42 Å². The number of benzene rings is 3. The van der Waals surface area contributed by atoms with Crippen molar-refractivity contribution in [1.82, 2.24) is 9.55 Å². The molecule has 1 N–H and O–H groups in total. The van der Waals surface area contributed by atoms with Crippen LogP contribution in [-0.4, -0.2) is 20.6 Å². The summed E-state index contributed by atoms with van der Waals surface area (Å²) in [6.07, 6.45) is 4.06. The van der Waals surface area contributed by atoms with Crippen molar-refractivity contribution in [2.24, 2.45) is 0 Å². The number of imidazole rings is 1. The first kappa shape index (κ1) is 20.9. The Morgan fingerprint density at radius 1 is 0.903 bits per heavy atom. The van der Waals surface area contributed by atoms with Crippen LogP contribution in [0.4, 0.5) is 0 Å². The Morgan fingerprint density at radius 3 is 2.35 bits per heavy atom. The van der Waals surface area contributed by atoms with Crippen LogP contribution in [-0.2, 0) is 19.4 Å². The summed E-state index contributed by atoms with van der Waals surface area (Å²) in [5.74, 6) is 0.129. The molecule has 3 aromatic carbocycles. The molecule has 0 saturated heterocycles. The summed E-state index contributed by atoms with van der Waals surface area (Å²) in [5.41, 5.74) is 7.00. The summed E-state index contributed by atoms with van der Waals surface area (Å²) < 4.78 is 2.20. The standard InChI is InChI=1S/C27H28N2O2/c1-19-16-24-25(17-20(19)2)29(18-22-13-7-8-14-23(22)27(30)31)26(28-24)15-9-6-12-21-10-4-3-5-11-21/h3-5,7-8,10-11,13-14,16-17H,6,9,12,15,18H2,1-2H3,(H,30,31). The van der Waals surface area contributed by atoms with Crippen LogP contribution in [0.1, 0.15) is 51.3 Å². The van der Waals surface area contributed by atoms with Crippen molar-refractivity contribution in [3.05, 3.63) is 100 Å². The zero-order chi connectivity index (χ0) is 21.8. The van der Waals surface area contributed by atoms with Crippen LogP contribution in [0.5, 0.6) is 0 Å². The number of aryl methyl sites for hydroxylation is 4. The highest BCUT2D eigenvalue weighted by atomic mass is 16.4. The number of unbranched alkanes of at least 4 members (excludes halogenated alkanes) is 1. The zero-order valence-corrected chi connectivity index (χ0v) is 18.1. The van der Waals surface area contributed by atoms with Crippen molar-refractivity contribution in [1.29, 1.82) is 0 Å². The second kappa shape index (κ2) is 9.17. The number of aromatic nitrogens is 2. The molecular formula is C27H28N2O2. The van der Waals surface area contributed by atoms with E-state index in [1.54, 1.807) is 12.1 Å². The van der Waals surface area contributed by atoms with Crippen LogP contribution < -0.4 is 0 Å². The van der Waals surface area contributed by atoms with Crippen LogP contribution in [0, 0.1) is 13.8 Å². The average molecular weight is 413 g/mol. The number of hydrogen-bond acceptors (Lipinski definition) is 2. The van der Waals surface area contributed by atoms with Gasteiger partial charge in [-0.3, -0.25) is 0 Å². The van der Waals surface area contributed by atoms with Gasteiger partial charge in [-0.05, 0) is 73.6 Å². The van der Waals surface area contributed by atoms with Gasteiger partial charge in [-0.25, -0.2) is 9.78 Å². The van der Waals surface area contributed by atoms with Gasteiger partial charge in [0.15, 0.2) is 0 Å². The fourth-order valence-electron chi connectivity index (χ4n) is 4.09. The third kappa shape index (κ3) is 4.69. The largest absolute Gasteiger partial charge is 0.478 e. The van der Waals surface area contributed by atoms with Crippen LogP contribution in [0.3, 0.4) is 0 Å². The molecule has 0 spiro atoms. The number of carbonyl (C=O) groups is 1. The minimum atomic E-state index is -0.892. The monoisotopic (exact) mass is 412 g/mol. The second-order valence-electron chi connectivity index (χ2n) is 8.19. The first-order valence-electron chi connectivity index (χ1n) is 10.8. The van der Waals surface area contributed by atoms with E-state index in [1.165, 1.54) is 16.7 Å². The van der Waals surface area contributed by atoms with Gasteiger partial charge in [0.1, 0.15) is 5.82 Å². The van der Waals surface area contributed by atoms with Gasteiger partial charge in [-0.1, -0.05) is 48.5 Å². The van der Waals surface area contributed by atoms with Crippen LogP contribution in [0.2, 0.25) is 0 Å². The number of nitrogens with zero attached hydrogens (tertiary/aromatic N) is 2. The molecule has 1 aromatic heterocycles. The zero-order valence-electron chi connectivity index (χ0n) is 18.1. The maximum atomic E-state index is 11.7. The molecule has 0 atom stereocenters. The molecular weight excluding hydrogens is 384 g/mol. The van der Waals surface area contributed by atoms with Crippen molar-refractivity contribution in [3.63, 3.8) is 0 Å². The molecule has 1 heterocycles. The smallest absolute Gasteiger partial charge is 0.336 e. The first-order chi connectivity index (χ1) is 15.0. The van der Waals surface area contributed by atoms with E-state index >= 15 is 0 Å². The predicted octanol–water partition coefficient (Wildman–Crippen LogP) is 5.97. The fraction of sp³-hybridized carbons (Fsp3) is 0.259. The molecule has 0 amide bonds. The van der Waals surface area contributed by atoms with Crippen molar-refractivity contribution in [2.75, 3.05) is 0 Å². The van der Waals surface area contributed by atoms with Crippen molar-refractivity contribution >= 4 is 17.0 Å². The van der Waals surface area contributed by atoms with Gasteiger partial charge in [-0.2, -0.15) is 0 Å². The van der Waals surface area contributed by atoms with E-state index in [4.69, 9.17) is 4.98 Å². The van der Waals surface area contributed by atoms with Gasteiger partial charge in [0.05, 0.1) is 23.1 Å². The normalized spacial score (nSPS) is 11.2. The quantitative estimate of drug-likeness (QED) is 0.363. The van der Waals surface area contributed by atoms with Gasteiger partial charge in [0.2, 0.25) is 0 Å². The Morgan fingerprint density at radius 2 is 1.58 bits per heavy atom. The van der Waals surface area contributed by atoms with E-state index in [-0.39, 0.29) is 0 Å². The van der Waals surface area contributed by atoms with Gasteiger partial charge in [0.25, 0.3) is 0 Å². The molecule has 158 valence electrons. The van der Waals surface area contributed by atoms with Crippen LogP contribution in [0.25, 0.3) is 11.0 Å². The molecule has 0 aliphatic rings. The Balaban J connectivity index is 1.62. The third-order valence-electron chi connectivity index (χ3n) is 5.98. The molecule has 4 nitrogen and oxygen atoms in total. The Labute approximate surface area is 183 Å². The van der Waals surface area contributed by atoms with Gasteiger partial charge < -0.3 is 9.67 Å². The van der Waals surface area contributed by atoms with E-state index in [0.29, 0.717) is 12.1 Å². The Kier molecular flexibility index (Phi) is 6.17.